The van der Waals surface area contributed by atoms with Gasteiger partial charge < -0.3 is 9.84 Å². The third-order valence-electron chi connectivity index (χ3n) is 2.33. The minimum Gasteiger partial charge on any atom is -0.507 e. The molecule has 0 heterocycles. The molecule has 3 heteroatoms. The number of phenols is 1. The molecular weight excluding hydrogens is 244 g/mol. The quantitative estimate of drug-likeness (QED) is 0.898. The van der Waals surface area contributed by atoms with Crippen LogP contribution >= 0.6 is 15.9 Å². The van der Waals surface area contributed by atoms with Crippen molar-refractivity contribution in [2.24, 2.45) is 5.92 Å². The zero-order valence-electron chi connectivity index (χ0n) is 7.87. The molecule has 2 rings (SSSR count). The van der Waals surface area contributed by atoms with E-state index in [4.69, 9.17) is 4.74 Å². The summed E-state index contributed by atoms with van der Waals surface area (Å²) in [6.45, 7) is 1.45. The van der Waals surface area contributed by atoms with E-state index in [1.165, 1.54) is 12.8 Å². The van der Waals surface area contributed by atoms with Crippen molar-refractivity contribution in [3.8, 4) is 5.75 Å². The molecular formula is C11H13BrO2. The molecule has 0 saturated heterocycles. The standard InChI is InChI=1S/C11H13BrO2/c12-10-4-3-9(5-11(10)13)7-14-6-8-1-2-8/h3-5,8,13H,1-2,6-7H2. The molecule has 76 valence electrons. The summed E-state index contributed by atoms with van der Waals surface area (Å²) in [4.78, 5) is 0. The Labute approximate surface area is 92.0 Å². The average Bonchev–Trinajstić information content (AvgIpc) is 2.95. The van der Waals surface area contributed by atoms with Gasteiger partial charge in [-0.05, 0) is 52.4 Å². The predicted octanol–water partition coefficient (Wildman–Crippen LogP) is 3.08. The van der Waals surface area contributed by atoms with Crippen molar-refractivity contribution < 1.29 is 9.84 Å². The summed E-state index contributed by atoms with van der Waals surface area (Å²) in [5.41, 5.74) is 1.02. The summed E-state index contributed by atoms with van der Waals surface area (Å²) < 4.78 is 6.24. The highest BCUT2D eigenvalue weighted by molar-refractivity contribution is 9.10. The second kappa shape index (κ2) is 4.32. The number of hydrogen-bond acceptors (Lipinski definition) is 2. The lowest BCUT2D eigenvalue weighted by Crippen LogP contribution is -1.96. The number of hydrogen-bond donors (Lipinski definition) is 1. The minimum atomic E-state index is 0.275. The van der Waals surface area contributed by atoms with E-state index in [1.807, 2.05) is 12.1 Å². The lowest BCUT2D eigenvalue weighted by molar-refractivity contribution is 0.111. The van der Waals surface area contributed by atoms with E-state index in [2.05, 4.69) is 15.9 Å². The van der Waals surface area contributed by atoms with E-state index < -0.39 is 0 Å². The van der Waals surface area contributed by atoms with Gasteiger partial charge >= 0.3 is 0 Å². The van der Waals surface area contributed by atoms with Crippen LogP contribution < -0.4 is 0 Å². The minimum absolute atomic E-state index is 0.275. The van der Waals surface area contributed by atoms with Gasteiger partial charge in [0.25, 0.3) is 0 Å². The Bertz CT molecular complexity index is 321. The van der Waals surface area contributed by atoms with Gasteiger partial charge in [0.2, 0.25) is 0 Å². The molecule has 0 spiro atoms. The van der Waals surface area contributed by atoms with Crippen LogP contribution in [0.5, 0.6) is 5.75 Å². The monoisotopic (exact) mass is 256 g/mol. The predicted molar refractivity (Wildman–Crippen MR) is 58.2 cm³/mol. The van der Waals surface area contributed by atoms with Gasteiger partial charge in [-0.15, -0.1) is 0 Å². The van der Waals surface area contributed by atoms with Crippen molar-refractivity contribution in [3.05, 3.63) is 28.2 Å². The van der Waals surface area contributed by atoms with Crippen molar-refractivity contribution in [1.29, 1.82) is 0 Å². The van der Waals surface area contributed by atoms with Crippen LogP contribution in [0.1, 0.15) is 18.4 Å². The molecule has 1 N–H and O–H groups in total. The first-order chi connectivity index (χ1) is 6.75. The molecule has 1 aliphatic rings. The molecule has 1 aromatic carbocycles. The van der Waals surface area contributed by atoms with Crippen molar-refractivity contribution in [1.82, 2.24) is 0 Å². The van der Waals surface area contributed by atoms with E-state index in [0.29, 0.717) is 6.61 Å². The Hall–Kier alpha value is -0.540. The highest BCUT2D eigenvalue weighted by Gasteiger charge is 2.20. The van der Waals surface area contributed by atoms with Gasteiger partial charge in [-0.25, -0.2) is 0 Å². The first kappa shape index (κ1) is 9.99. The van der Waals surface area contributed by atoms with E-state index in [-0.39, 0.29) is 5.75 Å². The van der Waals surface area contributed by atoms with Gasteiger partial charge in [0.15, 0.2) is 0 Å². The molecule has 1 fully saturated rings. The molecule has 0 atom stereocenters. The second-order valence-electron chi connectivity index (χ2n) is 3.74. The molecule has 1 saturated carbocycles. The Balaban J connectivity index is 1.85. The number of benzene rings is 1. The van der Waals surface area contributed by atoms with Crippen LogP contribution in [0, 0.1) is 5.92 Å². The fourth-order valence-electron chi connectivity index (χ4n) is 1.28. The molecule has 0 aromatic heterocycles. The van der Waals surface area contributed by atoms with Gasteiger partial charge in [0.1, 0.15) is 5.75 Å². The summed E-state index contributed by atoms with van der Waals surface area (Å²) in [7, 11) is 0. The maximum Gasteiger partial charge on any atom is 0.130 e. The summed E-state index contributed by atoms with van der Waals surface area (Å²) >= 11 is 3.24. The molecule has 1 aromatic rings. The molecule has 0 unspecified atom stereocenters. The molecule has 0 amide bonds. The maximum atomic E-state index is 9.42. The summed E-state index contributed by atoms with van der Waals surface area (Å²) in [6, 6.07) is 5.53. The Morgan fingerprint density at radius 3 is 2.86 bits per heavy atom. The van der Waals surface area contributed by atoms with Crippen molar-refractivity contribution >= 4 is 15.9 Å². The fraction of sp³-hybridized carbons (Fsp3) is 0.455. The van der Waals surface area contributed by atoms with Crippen LogP contribution in [0.4, 0.5) is 0 Å². The first-order valence-corrected chi connectivity index (χ1v) is 5.60. The van der Waals surface area contributed by atoms with Crippen molar-refractivity contribution in [2.75, 3.05) is 6.61 Å². The number of rotatable bonds is 4. The Morgan fingerprint density at radius 1 is 1.43 bits per heavy atom. The zero-order chi connectivity index (χ0) is 9.97. The molecule has 14 heavy (non-hydrogen) atoms. The fourth-order valence-corrected chi connectivity index (χ4v) is 1.52. The number of ether oxygens (including phenoxy) is 1. The maximum absolute atomic E-state index is 9.42. The van der Waals surface area contributed by atoms with Gasteiger partial charge in [0.05, 0.1) is 11.1 Å². The van der Waals surface area contributed by atoms with Crippen molar-refractivity contribution in [3.63, 3.8) is 0 Å². The summed E-state index contributed by atoms with van der Waals surface area (Å²) in [6.07, 6.45) is 2.62. The van der Waals surface area contributed by atoms with Crippen LogP contribution in [0.15, 0.2) is 22.7 Å². The third kappa shape index (κ3) is 2.72. The van der Waals surface area contributed by atoms with Crippen molar-refractivity contribution in [2.45, 2.75) is 19.4 Å². The highest BCUT2D eigenvalue weighted by Crippen LogP contribution is 2.29. The van der Waals surface area contributed by atoms with E-state index in [9.17, 15) is 5.11 Å². The highest BCUT2D eigenvalue weighted by atomic mass is 79.9. The number of phenolic OH excluding ortho intramolecular Hbond substituents is 1. The van der Waals surface area contributed by atoms with Gasteiger partial charge in [-0.2, -0.15) is 0 Å². The third-order valence-corrected chi connectivity index (χ3v) is 3.00. The van der Waals surface area contributed by atoms with Crippen LogP contribution in [0.3, 0.4) is 0 Å². The van der Waals surface area contributed by atoms with Crippen LogP contribution in [0.2, 0.25) is 0 Å². The lowest BCUT2D eigenvalue weighted by Gasteiger charge is -2.04. The largest absolute Gasteiger partial charge is 0.507 e. The number of halogens is 1. The van der Waals surface area contributed by atoms with Crippen LogP contribution in [-0.4, -0.2) is 11.7 Å². The van der Waals surface area contributed by atoms with E-state index in [0.717, 1.165) is 22.6 Å². The molecule has 2 nitrogen and oxygen atoms in total. The summed E-state index contributed by atoms with van der Waals surface area (Å²) in [5.74, 6) is 1.07. The van der Waals surface area contributed by atoms with Gasteiger partial charge in [-0.1, -0.05) is 6.07 Å². The normalized spacial score (nSPS) is 15.8. The average molecular weight is 257 g/mol. The molecule has 0 bridgehead atoms. The van der Waals surface area contributed by atoms with Crippen LogP contribution in [-0.2, 0) is 11.3 Å². The van der Waals surface area contributed by atoms with E-state index in [1.54, 1.807) is 6.07 Å². The second-order valence-corrected chi connectivity index (χ2v) is 4.60. The summed E-state index contributed by atoms with van der Waals surface area (Å²) in [5, 5.41) is 9.42. The lowest BCUT2D eigenvalue weighted by atomic mass is 10.2. The zero-order valence-corrected chi connectivity index (χ0v) is 9.46. The molecule has 0 aliphatic heterocycles. The van der Waals surface area contributed by atoms with Gasteiger partial charge in [0, 0.05) is 6.61 Å². The van der Waals surface area contributed by atoms with Crippen LogP contribution in [0.25, 0.3) is 0 Å². The first-order valence-electron chi connectivity index (χ1n) is 4.81. The van der Waals surface area contributed by atoms with Gasteiger partial charge in [-0.3, -0.25) is 0 Å². The molecule has 0 radical (unpaired) electrons. The number of aromatic hydroxyl groups is 1. The van der Waals surface area contributed by atoms with E-state index >= 15 is 0 Å². The molecule has 1 aliphatic carbocycles. The topological polar surface area (TPSA) is 29.5 Å². The smallest absolute Gasteiger partial charge is 0.130 e. The Morgan fingerprint density at radius 2 is 2.21 bits per heavy atom. The SMILES string of the molecule is Oc1cc(COCC2CC2)ccc1Br. The Kier molecular flexibility index (Phi) is 3.08.